The predicted molar refractivity (Wildman–Crippen MR) is 28.9 cm³/mol. The van der Waals surface area contributed by atoms with Crippen molar-refractivity contribution in [3.63, 3.8) is 0 Å². The van der Waals surface area contributed by atoms with Gasteiger partial charge in [-0.3, -0.25) is 0 Å². The van der Waals surface area contributed by atoms with Crippen LogP contribution in [-0.4, -0.2) is 24.4 Å². The summed E-state index contributed by atoms with van der Waals surface area (Å²) in [6.45, 7) is -2.46. The summed E-state index contributed by atoms with van der Waals surface area (Å²) in [6, 6.07) is 0. The van der Waals surface area contributed by atoms with E-state index in [-0.39, 0.29) is 0 Å². The normalized spacial score (nSPS) is 31.2. The molecule has 2 atom stereocenters. The molecule has 0 aromatic carbocycles. The summed E-state index contributed by atoms with van der Waals surface area (Å²) in [5, 5.41) is 0. The molecule has 0 bridgehead atoms. The van der Waals surface area contributed by atoms with Crippen LogP contribution >= 0.6 is 0 Å². The summed E-state index contributed by atoms with van der Waals surface area (Å²) in [5.74, 6) is -6.29. The molecule has 0 spiro atoms. The van der Waals surface area contributed by atoms with Crippen LogP contribution in [0.3, 0.4) is 0 Å². The van der Waals surface area contributed by atoms with E-state index < -0.39 is 36.8 Å². The summed E-state index contributed by atoms with van der Waals surface area (Å²) in [6.07, 6.45) is -6.82. The molecule has 1 aliphatic rings. The van der Waals surface area contributed by atoms with Crippen LogP contribution in [0, 0.1) is 5.92 Å². The Labute approximate surface area is 68.7 Å². The predicted octanol–water partition coefficient (Wildman–Crippen LogP) is 2.88. The quantitative estimate of drug-likeness (QED) is 0.614. The smallest absolute Gasteiger partial charge is 0.247 e. The van der Waals surface area contributed by atoms with E-state index in [1.807, 2.05) is 0 Å². The van der Waals surface area contributed by atoms with Crippen molar-refractivity contribution in [2.75, 3.05) is 6.67 Å². The number of hydrogen-bond acceptors (Lipinski definition) is 0. The average molecular weight is 210 g/mol. The first kappa shape index (κ1) is 10.6. The minimum absolute atomic E-state index is 1.24. The van der Waals surface area contributed by atoms with Gasteiger partial charge >= 0.3 is 6.18 Å². The monoisotopic (exact) mass is 210 g/mol. The lowest BCUT2D eigenvalue weighted by Gasteiger charge is -2.24. The zero-order valence-corrected chi connectivity index (χ0v) is 6.14. The fraction of sp³-hybridized carbons (Fsp3) is 1.00. The third kappa shape index (κ3) is 1.48. The average Bonchev–Trinajstić information content (AvgIpc) is 2.56. The molecule has 0 aromatic rings. The summed E-state index contributed by atoms with van der Waals surface area (Å²) in [4.78, 5) is 0. The molecule has 0 saturated heterocycles. The Hall–Kier alpha value is -0.490. The summed E-state index contributed by atoms with van der Waals surface area (Å²) < 4.78 is 84.0. The molecular formula is C6H5F7. The van der Waals surface area contributed by atoms with Crippen LogP contribution in [0.4, 0.5) is 30.7 Å². The van der Waals surface area contributed by atoms with E-state index >= 15 is 0 Å². The highest BCUT2D eigenvalue weighted by molar-refractivity contribution is 5.10. The molecule has 7 heteroatoms. The Balaban J connectivity index is 2.85. The standard InChI is InChI=1S/C6H5F7/c7-2-4(8,6(11,12)13)3-1-5(3,9)10/h3H,1-2H2. The van der Waals surface area contributed by atoms with E-state index in [1.54, 1.807) is 0 Å². The van der Waals surface area contributed by atoms with E-state index in [0.717, 1.165) is 0 Å². The largest absolute Gasteiger partial charge is 0.425 e. The SMILES string of the molecule is FCC(F)(C1CC1(F)F)C(F)(F)F. The van der Waals surface area contributed by atoms with Crippen LogP contribution in [0.15, 0.2) is 0 Å². The van der Waals surface area contributed by atoms with Crippen LogP contribution in [-0.2, 0) is 0 Å². The Morgan fingerprint density at radius 2 is 1.54 bits per heavy atom. The molecule has 0 heterocycles. The van der Waals surface area contributed by atoms with E-state index in [1.165, 1.54) is 0 Å². The van der Waals surface area contributed by atoms with Crippen molar-refractivity contribution >= 4 is 0 Å². The first-order valence-electron chi connectivity index (χ1n) is 3.34. The summed E-state index contributed by atoms with van der Waals surface area (Å²) in [5.41, 5.74) is -4.39. The number of alkyl halides is 7. The van der Waals surface area contributed by atoms with Gasteiger partial charge < -0.3 is 0 Å². The highest BCUT2D eigenvalue weighted by Crippen LogP contribution is 2.60. The first-order valence-corrected chi connectivity index (χ1v) is 3.34. The Morgan fingerprint density at radius 3 is 1.62 bits per heavy atom. The van der Waals surface area contributed by atoms with Crippen LogP contribution in [0.5, 0.6) is 0 Å². The van der Waals surface area contributed by atoms with E-state index in [0.29, 0.717) is 0 Å². The lowest BCUT2D eigenvalue weighted by atomic mass is 10.0. The second-order valence-electron chi connectivity index (χ2n) is 3.01. The van der Waals surface area contributed by atoms with Crippen molar-refractivity contribution in [1.82, 2.24) is 0 Å². The van der Waals surface area contributed by atoms with Gasteiger partial charge in [0.05, 0.1) is 5.92 Å². The van der Waals surface area contributed by atoms with Gasteiger partial charge in [0.15, 0.2) is 0 Å². The number of rotatable bonds is 2. The Morgan fingerprint density at radius 1 is 1.15 bits per heavy atom. The van der Waals surface area contributed by atoms with Crippen molar-refractivity contribution in [1.29, 1.82) is 0 Å². The van der Waals surface area contributed by atoms with Crippen molar-refractivity contribution in [2.45, 2.75) is 24.2 Å². The lowest BCUT2D eigenvalue weighted by molar-refractivity contribution is -0.249. The molecule has 0 aromatic heterocycles. The number of hydrogen-bond donors (Lipinski definition) is 0. The van der Waals surface area contributed by atoms with Gasteiger partial charge in [-0.2, -0.15) is 13.2 Å². The lowest BCUT2D eigenvalue weighted by Crippen LogP contribution is -2.46. The zero-order chi connectivity index (χ0) is 10.5. The molecule has 1 saturated carbocycles. The van der Waals surface area contributed by atoms with E-state index in [9.17, 15) is 30.7 Å². The van der Waals surface area contributed by atoms with Crippen molar-refractivity contribution < 1.29 is 30.7 Å². The van der Waals surface area contributed by atoms with Crippen molar-refractivity contribution in [3.05, 3.63) is 0 Å². The second-order valence-corrected chi connectivity index (χ2v) is 3.01. The fourth-order valence-corrected chi connectivity index (χ4v) is 1.08. The maximum Gasteiger partial charge on any atom is 0.425 e. The summed E-state index contributed by atoms with van der Waals surface area (Å²) in [7, 11) is 0. The van der Waals surface area contributed by atoms with Gasteiger partial charge in [0.2, 0.25) is 5.67 Å². The molecular weight excluding hydrogens is 205 g/mol. The van der Waals surface area contributed by atoms with Crippen molar-refractivity contribution in [3.8, 4) is 0 Å². The van der Waals surface area contributed by atoms with E-state index in [4.69, 9.17) is 0 Å². The molecule has 1 aliphatic carbocycles. The topological polar surface area (TPSA) is 0 Å². The van der Waals surface area contributed by atoms with E-state index in [2.05, 4.69) is 0 Å². The number of halogens is 7. The van der Waals surface area contributed by atoms with Gasteiger partial charge in [-0.25, -0.2) is 17.6 Å². The van der Waals surface area contributed by atoms with Gasteiger partial charge in [-0.15, -0.1) is 0 Å². The third-order valence-electron chi connectivity index (χ3n) is 2.04. The van der Waals surface area contributed by atoms with Gasteiger partial charge in [-0.1, -0.05) is 0 Å². The first-order chi connectivity index (χ1) is 5.65. The summed E-state index contributed by atoms with van der Waals surface area (Å²) >= 11 is 0. The fourth-order valence-electron chi connectivity index (χ4n) is 1.08. The molecule has 1 fully saturated rings. The Bertz CT molecular complexity index is 208. The van der Waals surface area contributed by atoms with Crippen LogP contribution < -0.4 is 0 Å². The van der Waals surface area contributed by atoms with Crippen molar-refractivity contribution in [2.24, 2.45) is 5.92 Å². The van der Waals surface area contributed by atoms with Gasteiger partial charge in [0.25, 0.3) is 5.92 Å². The van der Waals surface area contributed by atoms with Crippen LogP contribution in [0.1, 0.15) is 6.42 Å². The molecule has 1 rings (SSSR count). The molecule has 0 amide bonds. The maximum atomic E-state index is 12.7. The molecule has 0 aliphatic heterocycles. The van der Waals surface area contributed by atoms with Gasteiger partial charge in [0.1, 0.15) is 6.67 Å². The Kier molecular flexibility index (Phi) is 2.04. The molecule has 2 unspecified atom stereocenters. The second kappa shape index (κ2) is 2.51. The highest BCUT2D eigenvalue weighted by atomic mass is 19.4. The molecule has 13 heavy (non-hydrogen) atoms. The van der Waals surface area contributed by atoms with Crippen LogP contribution in [0.25, 0.3) is 0 Å². The van der Waals surface area contributed by atoms with Gasteiger partial charge in [0, 0.05) is 6.42 Å². The molecule has 78 valence electrons. The molecule has 0 N–H and O–H groups in total. The maximum absolute atomic E-state index is 12.7. The third-order valence-corrected chi connectivity index (χ3v) is 2.04. The molecule has 0 radical (unpaired) electrons. The zero-order valence-electron chi connectivity index (χ0n) is 6.14. The van der Waals surface area contributed by atoms with Crippen LogP contribution in [0.2, 0.25) is 0 Å². The highest BCUT2D eigenvalue weighted by Gasteiger charge is 2.76. The van der Waals surface area contributed by atoms with Gasteiger partial charge in [-0.05, 0) is 0 Å². The minimum Gasteiger partial charge on any atom is -0.247 e. The molecule has 0 nitrogen and oxygen atoms in total. The minimum atomic E-state index is -5.58.